The lowest BCUT2D eigenvalue weighted by Gasteiger charge is -2.29. The number of carbonyl (C=O) groups excluding carboxylic acids is 3. The summed E-state index contributed by atoms with van der Waals surface area (Å²) in [5, 5.41) is 12.1. The predicted octanol–water partition coefficient (Wildman–Crippen LogP) is 2.50. The molecule has 1 unspecified atom stereocenters. The van der Waals surface area contributed by atoms with Crippen molar-refractivity contribution in [3.05, 3.63) is 65.2 Å². The van der Waals surface area contributed by atoms with Gasteiger partial charge in [0.2, 0.25) is 11.8 Å². The van der Waals surface area contributed by atoms with Gasteiger partial charge < -0.3 is 14.5 Å². The maximum Gasteiger partial charge on any atom is 0.256 e. The van der Waals surface area contributed by atoms with E-state index in [0.29, 0.717) is 24.3 Å². The molecule has 6 rings (SSSR count). The lowest BCUT2D eigenvalue weighted by molar-refractivity contribution is -0.141. The van der Waals surface area contributed by atoms with Crippen LogP contribution in [0.25, 0.3) is 10.9 Å². The molecule has 10 nitrogen and oxygen atoms in total. The first-order chi connectivity index (χ1) is 18.0. The van der Waals surface area contributed by atoms with Crippen LogP contribution in [0.5, 0.6) is 11.6 Å². The van der Waals surface area contributed by atoms with Crippen LogP contribution in [0.4, 0.5) is 0 Å². The van der Waals surface area contributed by atoms with Crippen molar-refractivity contribution in [2.24, 2.45) is 0 Å². The molecule has 2 saturated heterocycles. The van der Waals surface area contributed by atoms with Crippen LogP contribution in [0.2, 0.25) is 0 Å². The molecule has 1 aromatic heterocycles. The van der Waals surface area contributed by atoms with E-state index in [9.17, 15) is 14.4 Å². The van der Waals surface area contributed by atoms with Gasteiger partial charge in [-0.1, -0.05) is 6.07 Å². The molecule has 0 bridgehead atoms. The summed E-state index contributed by atoms with van der Waals surface area (Å²) in [5.74, 6) is -0.0158. The zero-order valence-corrected chi connectivity index (χ0v) is 20.1. The van der Waals surface area contributed by atoms with Crippen molar-refractivity contribution >= 4 is 28.6 Å². The van der Waals surface area contributed by atoms with Crippen molar-refractivity contribution < 1.29 is 29.3 Å². The molecule has 10 heteroatoms. The van der Waals surface area contributed by atoms with Gasteiger partial charge in [-0.2, -0.15) is 0 Å². The average Bonchev–Trinajstić information content (AvgIpc) is 3.47. The van der Waals surface area contributed by atoms with Crippen LogP contribution in [0.1, 0.15) is 40.7 Å². The molecular formula is C27H26N4O6. The van der Waals surface area contributed by atoms with Gasteiger partial charge in [0.25, 0.3) is 11.8 Å². The molecule has 4 heterocycles. The first kappa shape index (κ1) is 23.4. The topological polar surface area (TPSA) is 121 Å². The molecule has 2 atom stereocenters. The van der Waals surface area contributed by atoms with Gasteiger partial charge in [-0.15, -0.1) is 0 Å². The van der Waals surface area contributed by atoms with Crippen molar-refractivity contribution in [1.29, 1.82) is 0 Å². The fourth-order valence-corrected chi connectivity index (χ4v) is 5.42. The predicted molar refractivity (Wildman–Crippen MR) is 132 cm³/mol. The summed E-state index contributed by atoms with van der Waals surface area (Å²) in [7, 11) is 0. The molecule has 0 aliphatic carbocycles. The first-order valence-electron chi connectivity index (χ1n) is 12.3. The second-order valence-electron chi connectivity index (χ2n) is 9.75. The Balaban J connectivity index is 1.07. The summed E-state index contributed by atoms with van der Waals surface area (Å²) in [6, 6.07) is 14.4. The van der Waals surface area contributed by atoms with Crippen molar-refractivity contribution in [3.63, 3.8) is 0 Å². The molecule has 0 spiro atoms. The Hall–Kier alpha value is -4.02. The number of likely N-dealkylation sites (tertiary alicyclic amines) is 1. The maximum atomic E-state index is 12.9. The number of aromatic nitrogens is 1. The second kappa shape index (κ2) is 9.45. The fourth-order valence-electron chi connectivity index (χ4n) is 5.42. The van der Waals surface area contributed by atoms with Gasteiger partial charge in [-0.3, -0.25) is 24.6 Å². The molecule has 3 amide bonds. The SMILES string of the molecule is O=C1CCC(N2Cc3cc(O[C@H]4CCN(Cc5ccc6nc(OO)ccc6c5)C4)ccc3C2=O)C(=O)N1. The number of amides is 3. The number of hydrogen-bond acceptors (Lipinski definition) is 8. The minimum Gasteiger partial charge on any atom is -0.489 e. The largest absolute Gasteiger partial charge is 0.489 e. The summed E-state index contributed by atoms with van der Waals surface area (Å²) in [6.45, 7) is 2.81. The van der Waals surface area contributed by atoms with Crippen LogP contribution < -0.4 is 14.9 Å². The molecule has 190 valence electrons. The molecule has 37 heavy (non-hydrogen) atoms. The van der Waals surface area contributed by atoms with E-state index < -0.39 is 11.9 Å². The lowest BCUT2D eigenvalue weighted by Crippen LogP contribution is -2.52. The van der Waals surface area contributed by atoms with E-state index in [1.807, 2.05) is 30.3 Å². The van der Waals surface area contributed by atoms with E-state index in [0.717, 1.165) is 48.1 Å². The monoisotopic (exact) mass is 502 g/mol. The third kappa shape index (κ3) is 4.61. The third-order valence-electron chi connectivity index (χ3n) is 7.25. The summed E-state index contributed by atoms with van der Waals surface area (Å²) in [6.07, 6.45) is 1.51. The highest BCUT2D eigenvalue weighted by molar-refractivity contribution is 6.05. The van der Waals surface area contributed by atoms with Crippen molar-refractivity contribution in [2.75, 3.05) is 13.1 Å². The van der Waals surface area contributed by atoms with Gasteiger partial charge in [0.1, 0.15) is 17.9 Å². The minimum atomic E-state index is -0.624. The van der Waals surface area contributed by atoms with Gasteiger partial charge in [0, 0.05) is 49.6 Å². The van der Waals surface area contributed by atoms with Gasteiger partial charge in [0.05, 0.1) is 5.52 Å². The average molecular weight is 503 g/mol. The van der Waals surface area contributed by atoms with E-state index in [1.165, 1.54) is 0 Å². The molecule has 3 aromatic rings. The summed E-state index contributed by atoms with van der Waals surface area (Å²) in [4.78, 5) is 49.0. The number of imide groups is 1. The molecule has 3 aliphatic rings. The van der Waals surface area contributed by atoms with E-state index in [4.69, 9.17) is 9.99 Å². The van der Waals surface area contributed by atoms with E-state index in [2.05, 4.69) is 26.2 Å². The second-order valence-corrected chi connectivity index (χ2v) is 9.75. The van der Waals surface area contributed by atoms with Gasteiger partial charge in [0.15, 0.2) is 0 Å². The van der Waals surface area contributed by atoms with Crippen LogP contribution in [-0.2, 0) is 22.7 Å². The summed E-state index contributed by atoms with van der Waals surface area (Å²) < 4.78 is 6.27. The zero-order chi connectivity index (χ0) is 25.5. The Kier molecular flexibility index (Phi) is 5.97. The van der Waals surface area contributed by atoms with E-state index in [1.54, 1.807) is 17.0 Å². The highest BCUT2D eigenvalue weighted by Crippen LogP contribution is 2.31. The number of ether oxygens (including phenoxy) is 1. The summed E-state index contributed by atoms with van der Waals surface area (Å²) in [5.41, 5.74) is 3.33. The number of benzene rings is 2. The Morgan fingerprint density at radius 3 is 2.78 bits per heavy atom. The van der Waals surface area contributed by atoms with Crippen molar-refractivity contribution in [1.82, 2.24) is 20.1 Å². The summed E-state index contributed by atoms with van der Waals surface area (Å²) >= 11 is 0. The highest BCUT2D eigenvalue weighted by atomic mass is 17.1. The number of nitrogens with zero attached hydrogens (tertiary/aromatic N) is 3. The number of rotatable bonds is 6. The molecule has 2 N–H and O–H groups in total. The van der Waals surface area contributed by atoms with Crippen LogP contribution >= 0.6 is 0 Å². The van der Waals surface area contributed by atoms with Crippen molar-refractivity contribution in [3.8, 4) is 11.6 Å². The highest BCUT2D eigenvalue weighted by Gasteiger charge is 2.39. The van der Waals surface area contributed by atoms with Crippen LogP contribution in [0, 0.1) is 0 Å². The van der Waals surface area contributed by atoms with Crippen LogP contribution in [0.3, 0.4) is 0 Å². The number of hydrogen-bond donors (Lipinski definition) is 2. The lowest BCUT2D eigenvalue weighted by atomic mass is 10.0. The molecule has 2 fully saturated rings. The number of fused-ring (bicyclic) bond motifs is 2. The van der Waals surface area contributed by atoms with E-state index >= 15 is 0 Å². The molecule has 2 aromatic carbocycles. The standard InChI is InChI=1S/C27H26N4O6/c32-24-7-6-23(26(33)29-24)31-14-18-12-19(3-4-21(18)27(31)34)36-20-9-10-30(15-20)13-16-1-5-22-17(11-16)2-8-25(28-22)37-35/h1-5,8,11-12,20,23,35H,6-7,9-10,13-15H2,(H,29,32,33)/t20-,23?/m0/s1. The Morgan fingerprint density at radius 1 is 1.05 bits per heavy atom. The molecular weight excluding hydrogens is 476 g/mol. The molecule has 0 radical (unpaired) electrons. The molecule has 3 aliphatic heterocycles. The first-order valence-corrected chi connectivity index (χ1v) is 12.3. The number of pyridine rings is 1. The smallest absolute Gasteiger partial charge is 0.256 e. The van der Waals surface area contributed by atoms with E-state index in [-0.39, 0.29) is 30.2 Å². The molecule has 0 saturated carbocycles. The Labute approximate surface area is 212 Å². The van der Waals surface area contributed by atoms with Crippen LogP contribution in [-0.4, -0.2) is 63.0 Å². The van der Waals surface area contributed by atoms with Gasteiger partial charge >= 0.3 is 0 Å². The van der Waals surface area contributed by atoms with Gasteiger partial charge in [-0.05, 0) is 60.4 Å². The normalized spacial score (nSPS) is 21.9. The fraction of sp³-hybridized carbons (Fsp3) is 0.333. The zero-order valence-electron chi connectivity index (χ0n) is 20.1. The number of carbonyl (C=O) groups is 3. The quantitative estimate of drug-likeness (QED) is 0.300. The number of nitrogens with one attached hydrogen (secondary N) is 1. The van der Waals surface area contributed by atoms with Gasteiger partial charge in [-0.25, -0.2) is 10.2 Å². The maximum absolute atomic E-state index is 12.9. The van der Waals surface area contributed by atoms with Crippen LogP contribution in [0.15, 0.2) is 48.5 Å². The Bertz CT molecular complexity index is 1410. The third-order valence-corrected chi connectivity index (χ3v) is 7.25. The number of piperidine rings is 1. The van der Waals surface area contributed by atoms with Crippen molar-refractivity contribution in [2.45, 2.75) is 44.5 Å². The minimum absolute atomic E-state index is 0.0350. The Morgan fingerprint density at radius 2 is 1.95 bits per heavy atom.